The van der Waals surface area contributed by atoms with Crippen LogP contribution in [0.2, 0.25) is 0 Å². The first-order valence-corrected chi connectivity index (χ1v) is 12.8. The average molecular weight is 466 g/mol. The number of hydrogen-bond donors (Lipinski definition) is 0. The molecule has 3 heterocycles. The van der Waals surface area contributed by atoms with Gasteiger partial charge in [0.2, 0.25) is 0 Å². The summed E-state index contributed by atoms with van der Waals surface area (Å²) in [5.41, 5.74) is 4.85. The van der Waals surface area contributed by atoms with Crippen LogP contribution in [0.25, 0.3) is 16.4 Å². The third kappa shape index (κ3) is 3.88. The van der Waals surface area contributed by atoms with Crippen LogP contribution in [-0.2, 0) is 25.6 Å². The van der Waals surface area contributed by atoms with Crippen molar-refractivity contribution in [3.8, 4) is 16.4 Å². The lowest BCUT2D eigenvalue weighted by Crippen LogP contribution is -2.10. The molecule has 166 valence electrons. The fourth-order valence-electron chi connectivity index (χ4n) is 4.45. The summed E-state index contributed by atoms with van der Waals surface area (Å²) in [7, 11) is 2.04. The third-order valence-corrected chi connectivity index (χ3v) is 8.58. The van der Waals surface area contributed by atoms with Crippen molar-refractivity contribution >= 4 is 23.1 Å². The number of thiophene rings is 1. The van der Waals surface area contributed by atoms with Gasteiger partial charge in [-0.25, -0.2) is 0 Å². The van der Waals surface area contributed by atoms with Gasteiger partial charge in [0, 0.05) is 11.9 Å². The van der Waals surface area contributed by atoms with Crippen molar-refractivity contribution in [1.82, 2.24) is 35.0 Å². The highest BCUT2D eigenvalue weighted by Gasteiger charge is 2.23. The predicted molar refractivity (Wildman–Crippen MR) is 128 cm³/mol. The Kier molecular flexibility index (Phi) is 5.86. The second kappa shape index (κ2) is 8.78. The molecule has 1 unspecified atom stereocenters. The highest BCUT2D eigenvalue weighted by atomic mass is 32.2. The Morgan fingerprint density at radius 3 is 2.75 bits per heavy atom. The first-order chi connectivity index (χ1) is 15.5. The molecule has 0 fully saturated rings. The number of nitrogens with zero attached hydrogens (tertiary/aromatic N) is 7. The standard InChI is InChI=1S/C23H27N7S2/c1-5-16-9-10-18-17(11-16)12-19(32-18)22-25-26-23(29(22)4)31-13-20-24-27-28-30(20)21-14(2)7-6-8-15(21)3/h6-8,12,16H,5,9-11,13H2,1-4H3. The summed E-state index contributed by atoms with van der Waals surface area (Å²) in [6.45, 7) is 6.46. The molecule has 32 heavy (non-hydrogen) atoms. The smallest absolute Gasteiger partial charge is 0.191 e. The third-order valence-electron chi connectivity index (χ3n) is 6.33. The van der Waals surface area contributed by atoms with Crippen molar-refractivity contribution in [3.63, 3.8) is 0 Å². The first-order valence-electron chi connectivity index (χ1n) is 11.0. The Bertz CT molecular complexity index is 1230. The van der Waals surface area contributed by atoms with E-state index in [4.69, 9.17) is 0 Å². The van der Waals surface area contributed by atoms with Gasteiger partial charge in [-0.05, 0) is 72.2 Å². The molecule has 4 aromatic rings. The first kappa shape index (κ1) is 21.3. The predicted octanol–water partition coefficient (Wildman–Crippen LogP) is 4.94. The van der Waals surface area contributed by atoms with Gasteiger partial charge < -0.3 is 4.57 Å². The summed E-state index contributed by atoms with van der Waals surface area (Å²) in [4.78, 5) is 2.74. The Balaban J connectivity index is 1.36. The summed E-state index contributed by atoms with van der Waals surface area (Å²) in [6.07, 6.45) is 4.96. The number of thioether (sulfide) groups is 1. The lowest BCUT2D eigenvalue weighted by Gasteiger charge is -2.19. The highest BCUT2D eigenvalue weighted by Crippen LogP contribution is 2.38. The van der Waals surface area contributed by atoms with Crippen LogP contribution in [0.1, 0.15) is 47.2 Å². The minimum absolute atomic E-state index is 0.617. The Hall–Kier alpha value is -2.52. The second-order valence-electron chi connectivity index (χ2n) is 8.48. The number of tetrazole rings is 1. The molecule has 9 heteroatoms. The number of hydrogen-bond acceptors (Lipinski definition) is 7. The molecular weight excluding hydrogens is 438 g/mol. The van der Waals surface area contributed by atoms with Crippen molar-refractivity contribution in [3.05, 3.63) is 51.7 Å². The zero-order valence-corrected chi connectivity index (χ0v) is 20.5. The summed E-state index contributed by atoms with van der Waals surface area (Å²) in [5, 5.41) is 22.3. The lowest BCUT2D eigenvalue weighted by atomic mass is 9.87. The molecule has 0 saturated heterocycles. The van der Waals surface area contributed by atoms with Crippen molar-refractivity contribution in [2.75, 3.05) is 0 Å². The van der Waals surface area contributed by atoms with E-state index in [1.165, 1.54) is 41.0 Å². The minimum Gasteiger partial charge on any atom is -0.304 e. The van der Waals surface area contributed by atoms with Gasteiger partial charge in [0.25, 0.3) is 0 Å². The molecule has 1 aliphatic carbocycles. The molecule has 0 saturated carbocycles. The van der Waals surface area contributed by atoms with Crippen molar-refractivity contribution in [1.29, 1.82) is 0 Å². The molecule has 0 amide bonds. The van der Waals surface area contributed by atoms with Crippen LogP contribution in [0, 0.1) is 19.8 Å². The van der Waals surface area contributed by atoms with Crippen LogP contribution >= 0.6 is 23.1 Å². The quantitative estimate of drug-likeness (QED) is 0.375. The molecule has 3 aromatic heterocycles. The molecule has 1 atom stereocenters. The van der Waals surface area contributed by atoms with Gasteiger partial charge in [0.1, 0.15) is 0 Å². The van der Waals surface area contributed by atoms with E-state index < -0.39 is 0 Å². The molecule has 0 N–H and O–H groups in total. The second-order valence-corrected chi connectivity index (χ2v) is 10.6. The minimum atomic E-state index is 0.617. The molecule has 0 spiro atoms. The fourth-order valence-corrected chi connectivity index (χ4v) is 6.50. The maximum absolute atomic E-state index is 4.52. The van der Waals surface area contributed by atoms with Crippen LogP contribution in [-0.4, -0.2) is 35.0 Å². The number of fused-ring (bicyclic) bond motifs is 1. The van der Waals surface area contributed by atoms with Crippen molar-refractivity contribution in [2.45, 2.75) is 57.4 Å². The molecular formula is C23H27N7S2. The Morgan fingerprint density at radius 2 is 1.97 bits per heavy atom. The number of aryl methyl sites for hydroxylation is 3. The summed E-state index contributed by atoms with van der Waals surface area (Å²) in [5.74, 6) is 3.17. The van der Waals surface area contributed by atoms with E-state index in [0.29, 0.717) is 5.75 Å². The Morgan fingerprint density at radius 1 is 1.16 bits per heavy atom. The van der Waals surface area contributed by atoms with Gasteiger partial charge in [0.15, 0.2) is 16.8 Å². The summed E-state index contributed by atoms with van der Waals surface area (Å²) >= 11 is 3.49. The summed E-state index contributed by atoms with van der Waals surface area (Å²) < 4.78 is 3.93. The zero-order chi connectivity index (χ0) is 22.2. The average Bonchev–Trinajstić information content (AvgIpc) is 3.50. The van der Waals surface area contributed by atoms with Gasteiger partial charge in [0.05, 0.1) is 16.3 Å². The fraction of sp³-hybridized carbons (Fsp3) is 0.435. The number of aromatic nitrogens is 7. The van der Waals surface area contributed by atoms with Gasteiger partial charge in [-0.3, -0.25) is 0 Å². The highest BCUT2D eigenvalue weighted by molar-refractivity contribution is 7.98. The van der Waals surface area contributed by atoms with Crippen LogP contribution in [0.3, 0.4) is 0 Å². The molecule has 1 aliphatic rings. The monoisotopic (exact) mass is 465 g/mol. The summed E-state index contributed by atoms with van der Waals surface area (Å²) in [6, 6.07) is 8.55. The van der Waals surface area contributed by atoms with Gasteiger partial charge in [-0.15, -0.1) is 26.6 Å². The molecule has 5 rings (SSSR count). The largest absolute Gasteiger partial charge is 0.304 e. The van der Waals surface area contributed by atoms with Gasteiger partial charge >= 0.3 is 0 Å². The maximum Gasteiger partial charge on any atom is 0.191 e. The van der Waals surface area contributed by atoms with Crippen molar-refractivity contribution < 1.29 is 0 Å². The molecule has 0 aliphatic heterocycles. The van der Waals surface area contributed by atoms with E-state index in [2.05, 4.69) is 75.3 Å². The normalized spacial score (nSPS) is 15.8. The number of para-hydroxylation sites is 1. The number of benzene rings is 1. The lowest BCUT2D eigenvalue weighted by molar-refractivity contribution is 0.449. The van der Waals surface area contributed by atoms with E-state index in [9.17, 15) is 0 Å². The van der Waals surface area contributed by atoms with Crippen LogP contribution in [0.5, 0.6) is 0 Å². The van der Waals surface area contributed by atoms with Crippen molar-refractivity contribution in [2.24, 2.45) is 13.0 Å². The van der Waals surface area contributed by atoms with Gasteiger partial charge in [-0.2, -0.15) is 4.68 Å². The number of rotatable bonds is 6. The molecule has 0 radical (unpaired) electrons. The van der Waals surface area contributed by atoms with Crippen LogP contribution in [0.15, 0.2) is 29.4 Å². The molecule has 0 bridgehead atoms. The van der Waals surface area contributed by atoms with Crippen LogP contribution < -0.4 is 0 Å². The van der Waals surface area contributed by atoms with E-state index >= 15 is 0 Å². The van der Waals surface area contributed by atoms with E-state index in [1.54, 1.807) is 11.8 Å². The zero-order valence-electron chi connectivity index (χ0n) is 18.9. The molecule has 7 nitrogen and oxygen atoms in total. The maximum atomic E-state index is 4.52. The molecule has 1 aromatic carbocycles. The van der Waals surface area contributed by atoms with E-state index in [0.717, 1.165) is 39.5 Å². The SMILES string of the molecule is CCC1CCc2sc(-c3nnc(SCc4nnnn4-c4c(C)cccc4C)n3C)cc2C1. The van der Waals surface area contributed by atoms with E-state index in [-0.39, 0.29) is 0 Å². The van der Waals surface area contributed by atoms with Gasteiger partial charge in [-0.1, -0.05) is 43.3 Å². The van der Waals surface area contributed by atoms with Crippen LogP contribution in [0.4, 0.5) is 0 Å². The topological polar surface area (TPSA) is 74.3 Å². The Labute approximate surface area is 196 Å². The van der Waals surface area contributed by atoms with E-state index in [1.807, 2.05) is 23.1 Å².